The third-order valence-corrected chi connectivity index (χ3v) is 10.9. The van der Waals surface area contributed by atoms with Crippen molar-refractivity contribution in [1.29, 1.82) is 0 Å². The lowest BCUT2D eigenvalue weighted by Crippen LogP contribution is -2.28. The zero-order chi connectivity index (χ0) is 40.1. The van der Waals surface area contributed by atoms with Crippen LogP contribution in [-0.4, -0.2) is 35.6 Å². The van der Waals surface area contributed by atoms with E-state index in [1.807, 2.05) is 0 Å². The molecule has 0 saturated carbocycles. The average Bonchev–Trinajstić information content (AvgIpc) is 3.17. The van der Waals surface area contributed by atoms with Gasteiger partial charge in [-0.2, -0.15) is 0 Å². The molecule has 0 saturated heterocycles. The number of allylic oxidation sites excluding steroid dienone is 3. The Hall–Kier alpha value is -2.11. The summed E-state index contributed by atoms with van der Waals surface area (Å²) in [4.78, 5) is 35.0. The normalized spacial score (nSPS) is 12.2. The van der Waals surface area contributed by atoms with Gasteiger partial charge in [0.15, 0.2) is 0 Å². The molecule has 0 rings (SSSR count). The minimum Gasteiger partial charge on any atom is -0.480 e. The zero-order valence-electron chi connectivity index (χ0n) is 36.5. The smallest absolute Gasteiger partial charge is 0.322 e. The van der Waals surface area contributed by atoms with Gasteiger partial charge in [-0.1, -0.05) is 218 Å². The van der Waals surface area contributed by atoms with Crippen LogP contribution in [0.4, 0.5) is 0 Å². The fourth-order valence-corrected chi connectivity index (χ4v) is 7.29. The molecule has 6 heteroatoms. The molecular weight excluding hydrogens is 683 g/mol. The molecule has 0 aliphatic carbocycles. The first-order valence-electron chi connectivity index (χ1n) is 24.0. The van der Waals surface area contributed by atoms with Gasteiger partial charge >= 0.3 is 11.9 Å². The van der Waals surface area contributed by atoms with Crippen molar-refractivity contribution in [2.45, 2.75) is 264 Å². The van der Waals surface area contributed by atoms with Crippen molar-refractivity contribution in [3.05, 3.63) is 24.3 Å². The molecule has 0 radical (unpaired) electrons. The predicted molar refractivity (Wildman–Crippen MR) is 236 cm³/mol. The third-order valence-electron chi connectivity index (χ3n) is 10.9. The van der Waals surface area contributed by atoms with Crippen molar-refractivity contribution in [2.75, 3.05) is 6.54 Å². The number of carbonyl (C=O) groups is 3. The van der Waals surface area contributed by atoms with Crippen LogP contribution in [0.5, 0.6) is 0 Å². The maximum Gasteiger partial charge on any atom is 0.322 e. The first-order chi connectivity index (χ1) is 27.0. The fraction of sp³-hybridized carbons (Fsp3) is 0.857. The van der Waals surface area contributed by atoms with Crippen molar-refractivity contribution >= 4 is 17.8 Å². The first kappa shape index (κ1) is 52.9. The van der Waals surface area contributed by atoms with E-state index in [4.69, 9.17) is 9.84 Å². The number of ether oxygens (including phenoxy) is 1. The summed E-state index contributed by atoms with van der Waals surface area (Å²) in [6.07, 6.45) is 54.9. The Kier molecular flexibility index (Phi) is 42.9. The molecule has 1 unspecified atom stereocenters. The van der Waals surface area contributed by atoms with Gasteiger partial charge in [0.1, 0.15) is 12.6 Å². The number of carbonyl (C=O) groups excluding carboxylic acids is 2. The van der Waals surface area contributed by atoms with Gasteiger partial charge in [-0.3, -0.25) is 14.4 Å². The maximum atomic E-state index is 12.7. The molecule has 1 amide bonds. The van der Waals surface area contributed by atoms with Gasteiger partial charge in [0, 0.05) is 12.8 Å². The molecule has 6 nitrogen and oxygen atoms in total. The van der Waals surface area contributed by atoms with Crippen molar-refractivity contribution in [3.63, 3.8) is 0 Å². The molecule has 0 spiro atoms. The highest BCUT2D eigenvalue weighted by molar-refractivity contribution is 5.80. The molecule has 0 aromatic rings. The average molecular weight is 774 g/mol. The van der Waals surface area contributed by atoms with E-state index in [-0.39, 0.29) is 24.5 Å². The summed E-state index contributed by atoms with van der Waals surface area (Å²) in [6, 6.07) is 0. The van der Waals surface area contributed by atoms with E-state index < -0.39 is 5.97 Å². The quantitative estimate of drug-likeness (QED) is 0.0365. The van der Waals surface area contributed by atoms with Crippen LogP contribution in [0.3, 0.4) is 0 Å². The van der Waals surface area contributed by atoms with Gasteiger partial charge in [-0.15, -0.1) is 0 Å². The van der Waals surface area contributed by atoms with Crippen LogP contribution in [0.15, 0.2) is 24.3 Å². The highest BCUT2D eigenvalue weighted by Crippen LogP contribution is 2.17. The van der Waals surface area contributed by atoms with E-state index >= 15 is 0 Å². The molecule has 0 aliphatic rings. The summed E-state index contributed by atoms with van der Waals surface area (Å²) in [6.45, 7) is 4.22. The molecule has 0 fully saturated rings. The van der Waals surface area contributed by atoms with E-state index in [1.165, 1.54) is 161 Å². The monoisotopic (exact) mass is 774 g/mol. The Labute approximate surface area is 341 Å². The highest BCUT2D eigenvalue weighted by Gasteiger charge is 2.11. The summed E-state index contributed by atoms with van der Waals surface area (Å²) in [5.74, 6) is -1.27. The maximum absolute atomic E-state index is 12.7. The number of esters is 1. The van der Waals surface area contributed by atoms with Crippen LogP contribution in [-0.2, 0) is 19.1 Å². The Bertz CT molecular complexity index is 900. The molecule has 0 bridgehead atoms. The van der Waals surface area contributed by atoms with Gasteiger partial charge in [0.2, 0.25) is 5.91 Å². The summed E-state index contributed by atoms with van der Waals surface area (Å²) in [5, 5.41) is 11.1. The van der Waals surface area contributed by atoms with Crippen LogP contribution < -0.4 is 5.32 Å². The zero-order valence-corrected chi connectivity index (χ0v) is 36.5. The molecule has 322 valence electrons. The second kappa shape index (κ2) is 44.6. The van der Waals surface area contributed by atoms with Gasteiger partial charge in [-0.25, -0.2) is 0 Å². The number of amides is 1. The number of hydrogen-bond acceptors (Lipinski definition) is 4. The number of unbranched alkanes of at least 4 members (excludes halogenated alkanes) is 31. The standard InChI is InChI=1S/C49H91NO5/c1-3-5-7-9-11-13-14-15-16-17-18-19-20-21-22-23-24-25-26-28-30-36-40-44-49(54)55-46(41-37-33-29-27-12-10-8-6-4-2)42-38-34-31-32-35-39-43-47(51)50-45-48(52)53/h27,29,37,41,46H,3-26,28,30-36,38-40,42-45H2,1-2H3,(H,50,51)(H,52,53)/b29-27-,41-37-. The summed E-state index contributed by atoms with van der Waals surface area (Å²) < 4.78 is 5.95. The van der Waals surface area contributed by atoms with Crippen molar-refractivity contribution in [2.24, 2.45) is 0 Å². The number of carboxylic acids is 1. The Balaban J connectivity index is 3.97. The van der Waals surface area contributed by atoms with Crippen LogP contribution >= 0.6 is 0 Å². The van der Waals surface area contributed by atoms with Crippen molar-refractivity contribution in [3.8, 4) is 0 Å². The number of aliphatic carboxylic acids is 1. The van der Waals surface area contributed by atoms with E-state index in [2.05, 4.69) is 43.5 Å². The largest absolute Gasteiger partial charge is 0.480 e. The van der Waals surface area contributed by atoms with E-state index in [0.29, 0.717) is 12.8 Å². The van der Waals surface area contributed by atoms with Crippen molar-refractivity contribution in [1.82, 2.24) is 5.32 Å². The Morgan fingerprint density at radius 1 is 0.491 bits per heavy atom. The van der Waals surface area contributed by atoms with E-state index in [9.17, 15) is 14.4 Å². The number of hydrogen-bond donors (Lipinski definition) is 2. The van der Waals surface area contributed by atoms with Crippen LogP contribution in [0.2, 0.25) is 0 Å². The lowest BCUT2D eigenvalue weighted by atomic mass is 10.0. The summed E-state index contributed by atoms with van der Waals surface area (Å²) in [7, 11) is 0. The second-order valence-electron chi connectivity index (χ2n) is 16.4. The van der Waals surface area contributed by atoms with Crippen LogP contribution in [0.1, 0.15) is 258 Å². The van der Waals surface area contributed by atoms with E-state index in [1.54, 1.807) is 0 Å². The number of rotatable bonds is 44. The molecule has 2 N–H and O–H groups in total. The van der Waals surface area contributed by atoms with Gasteiger partial charge in [0.05, 0.1) is 0 Å². The predicted octanol–water partition coefficient (Wildman–Crippen LogP) is 15.1. The topological polar surface area (TPSA) is 92.7 Å². The molecule has 1 atom stereocenters. The van der Waals surface area contributed by atoms with Gasteiger partial charge in [-0.05, 0) is 51.0 Å². The van der Waals surface area contributed by atoms with E-state index in [0.717, 1.165) is 70.6 Å². The molecule has 0 heterocycles. The Morgan fingerprint density at radius 2 is 0.891 bits per heavy atom. The SMILES string of the molecule is CCCCCC/C=C\C/C=C\C(CCCCCCCCC(=O)NCC(=O)O)OC(=O)CCCCCCCCCCCCCCCCCCCCCCCCC. The summed E-state index contributed by atoms with van der Waals surface area (Å²) in [5.41, 5.74) is 0. The number of carboxylic acid groups (broad SMARTS) is 1. The van der Waals surface area contributed by atoms with Crippen molar-refractivity contribution < 1.29 is 24.2 Å². The minimum atomic E-state index is -1.02. The fourth-order valence-electron chi connectivity index (χ4n) is 7.29. The molecule has 55 heavy (non-hydrogen) atoms. The molecule has 0 aliphatic heterocycles. The second-order valence-corrected chi connectivity index (χ2v) is 16.4. The molecule has 0 aromatic heterocycles. The van der Waals surface area contributed by atoms with Crippen LogP contribution in [0.25, 0.3) is 0 Å². The number of nitrogens with one attached hydrogen (secondary N) is 1. The minimum absolute atomic E-state index is 0.0641. The van der Waals surface area contributed by atoms with Crippen LogP contribution in [0, 0.1) is 0 Å². The summed E-state index contributed by atoms with van der Waals surface area (Å²) >= 11 is 0. The molecular formula is C49H91NO5. The van der Waals surface area contributed by atoms with Gasteiger partial charge < -0.3 is 15.2 Å². The Morgan fingerprint density at radius 3 is 1.35 bits per heavy atom. The first-order valence-corrected chi connectivity index (χ1v) is 24.0. The highest BCUT2D eigenvalue weighted by atomic mass is 16.5. The van der Waals surface area contributed by atoms with Gasteiger partial charge in [0.25, 0.3) is 0 Å². The lowest BCUT2D eigenvalue weighted by molar-refractivity contribution is -0.147. The molecule has 0 aromatic carbocycles. The lowest BCUT2D eigenvalue weighted by Gasteiger charge is -2.14. The third kappa shape index (κ3) is 44.5.